The first-order valence-electron chi connectivity index (χ1n) is 7.72. The third-order valence-electron chi connectivity index (χ3n) is 6.17. The number of hydrogen-bond donors (Lipinski definition) is 1. The van der Waals surface area contributed by atoms with Crippen LogP contribution in [-0.4, -0.2) is 14.1 Å². The van der Waals surface area contributed by atoms with E-state index < -0.39 is 10.0 Å². The van der Waals surface area contributed by atoms with Crippen LogP contribution in [0.1, 0.15) is 18.4 Å². The molecule has 0 heterocycles. The fraction of sp³-hybridized carbons (Fsp3) is 0.562. The van der Waals surface area contributed by atoms with Gasteiger partial charge >= 0.3 is 0 Å². The van der Waals surface area contributed by atoms with Crippen molar-refractivity contribution in [3.05, 3.63) is 29.8 Å². The van der Waals surface area contributed by atoms with Crippen LogP contribution in [0.15, 0.2) is 34.3 Å². The fourth-order valence-corrected chi connectivity index (χ4v) is 6.09. The van der Waals surface area contributed by atoms with Gasteiger partial charge < -0.3 is 0 Å². The first-order chi connectivity index (χ1) is 10.1. The molecular formula is C16H18N2O2S. The molecule has 0 aromatic heterocycles. The Kier molecular flexibility index (Phi) is 2.15. The lowest BCUT2D eigenvalue weighted by molar-refractivity contribution is 0.195. The number of hydrazone groups is 1. The van der Waals surface area contributed by atoms with E-state index in [0.717, 1.165) is 34.9 Å². The van der Waals surface area contributed by atoms with Gasteiger partial charge in [0.05, 0.1) is 4.90 Å². The van der Waals surface area contributed by atoms with Crippen molar-refractivity contribution in [1.82, 2.24) is 4.83 Å². The lowest BCUT2D eigenvalue weighted by Crippen LogP contribution is -2.26. The normalized spacial score (nSPS) is 43.6. The first kappa shape index (κ1) is 12.2. The van der Waals surface area contributed by atoms with Crippen molar-refractivity contribution in [2.45, 2.75) is 24.7 Å². The highest BCUT2D eigenvalue weighted by Crippen LogP contribution is 2.79. The predicted octanol–water partition coefficient (Wildman–Crippen LogP) is 2.16. The molecule has 1 N–H and O–H groups in total. The van der Waals surface area contributed by atoms with Crippen molar-refractivity contribution in [2.75, 3.05) is 0 Å². The van der Waals surface area contributed by atoms with Gasteiger partial charge in [0.25, 0.3) is 10.0 Å². The molecule has 6 rings (SSSR count). The van der Waals surface area contributed by atoms with Gasteiger partial charge in [0, 0.05) is 11.6 Å². The van der Waals surface area contributed by atoms with Crippen LogP contribution < -0.4 is 4.83 Å². The van der Waals surface area contributed by atoms with Gasteiger partial charge in [0.2, 0.25) is 0 Å². The average molecular weight is 302 g/mol. The minimum Gasteiger partial charge on any atom is -0.200 e. The van der Waals surface area contributed by atoms with Crippen molar-refractivity contribution in [3.63, 3.8) is 0 Å². The van der Waals surface area contributed by atoms with Gasteiger partial charge in [-0.3, -0.25) is 0 Å². The molecule has 0 radical (unpaired) electrons. The van der Waals surface area contributed by atoms with Crippen molar-refractivity contribution < 1.29 is 8.42 Å². The summed E-state index contributed by atoms with van der Waals surface area (Å²) in [6.07, 6.45) is 2.49. The average Bonchev–Trinajstić information content (AvgIpc) is 3.10. The Bertz CT molecular complexity index is 731. The standard InChI is InChI=1S/C16H18N2O2S/c1-8-2-4-10(5-3-8)21(19,20)18-17-16-9-6-11-12(7-9)14-13(11)15(14)16/h2-5,9,11-15,18H,6-7H2,1H3/b17-16-/t9?,11-,12+,13-,14+,15?. The highest BCUT2D eigenvalue weighted by molar-refractivity contribution is 7.89. The van der Waals surface area contributed by atoms with Crippen molar-refractivity contribution in [3.8, 4) is 0 Å². The van der Waals surface area contributed by atoms with Crippen molar-refractivity contribution in [1.29, 1.82) is 0 Å². The van der Waals surface area contributed by atoms with E-state index in [1.165, 1.54) is 12.8 Å². The number of sulfonamides is 1. The van der Waals surface area contributed by atoms with E-state index in [2.05, 4.69) is 9.93 Å². The van der Waals surface area contributed by atoms with Crippen LogP contribution in [0.3, 0.4) is 0 Å². The number of benzene rings is 1. The summed E-state index contributed by atoms with van der Waals surface area (Å²) in [6, 6.07) is 6.89. The Morgan fingerprint density at radius 3 is 2.33 bits per heavy atom. The lowest BCUT2D eigenvalue weighted by Gasteiger charge is -2.28. The van der Waals surface area contributed by atoms with E-state index in [1.54, 1.807) is 12.1 Å². The molecule has 0 spiro atoms. The van der Waals surface area contributed by atoms with Crippen LogP contribution in [0.5, 0.6) is 0 Å². The maximum Gasteiger partial charge on any atom is 0.276 e. The molecular weight excluding hydrogens is 284 g/mol. The first-order valence-corrected chi connectivity index (χ1v) is 9.20. The summed E-state index contributed by atoms with van der Waals surface area (Å²) < 4.78 is 24.6. The molecule has 5 fully saturated rings. The molecule has 110 valence electrons. The molecule has 0 aliphatic heterocycles. The van der Waals surface area contributed by atoms with E-state index in [-0.39, 0.29) is 4.90 Å². The summed E-state index contributed by atoms with van der Waals surface area (Å²) in [5.41, 5.74) is 2.19. The minimum atomic E-state index is -3.53. The molecule has 4 bridgehead atoms. The third-order valence-corrected chi connectivity index (χ3v) is 7.40. The second kappa shape index (κ2) is 3.69. The highest BCUT2D eigenvalue weighted by atomic mass is 32.2. The van der Waals surface area contributed by atoms with Gasteiger partial charge in [-0.2, -0.15) is 13.5 Å². The summed E-state index contributed by atoms with van der Waals surface area (Å²) in [5, 5.41) is 4.35. The summed E-state index contributed by atoms with van der Waals surface area (Å²) in [5.74, 6) is 4.72. The SMILES string of the molecule is Cc1ccc(S(=O)(=O)N/N=C2/C3C[C@@H]4[C@H](C3)[C@@H]3C2[C@H]43)cc1. The van der Waals surface area contributed by atoms with Gasteiger partial charge in [0.1, 0.15) is 0 Å². The minimum absolute atomic E-state index is 0.288. The number of nitrogens with zero attached hydrogens (tertiary/aromatic N) is 1. The van der Waals surface area contributed by atoms with Gasteiger partial charge in [-0.1, -0.05) is 17.7 Å². The molecule has 5 aliphatic carbocycles. The van der Waals surface area contributed by atoms with E-state index in [9.17, 15) is 8.42 Å². The molecule has 5 heteroatoms. The number of rotatable bonds is 3. The van der Waals surface area contributed by atoms with Crippen LogP contribution in [0.2, 0.25) is 0 Å². The Balaban J connectivity index is 1.40. The fourth-order valence-electron chi connectivity index (χ4n) is 5.26. The second-order valence-electron chi connectivity index (χ2n) is 7.12. The molecule has 1 aromatic rings. The van der Waals surface area contributed by atoms with Crippen LogP contribution in [0, 0.1) is 42.4 Å². The van der Waals surface area contributed by atoms with E-state index in [0.29, 0.717) is 11.8 Å². The quantitative estimate of drug-likeness (QED) is 0.870. The molecule has 6 atom stereocenters. The third kappa shape index (κ3) is 1.50. The van der Waals surface area contributed by atoms with Gasteiger partial charge in [0.15, 0.2) is 0 Å². The molecule has 2 unspecified atom stereocenters. The molecule has 1 aromatic carbocycles. The smallest absolute Gasteiger partial charge is 0.200 e. The molecule has 4 nitrogen and oxygen atoms in total. The van der Waals surface area contributed by atoms with Gasteiger partial charge in [-0.15, -0.1) is 0 Å². The maximum absolute atomic E-state index is 12.3. The van der Waals surface area contributed by atoms with Crippen LogP contribution in [-0.2, 0) is 10.0 Å². The summed E-state index contributed by atoms with van der Waals surface area (Å²) in [4.78, 5) is 2.76. The van der Waals surface area contributed by atoms with E-state index in [1.807, 2.05) is 19.1 Å². The molecule has 5 saturated carbocycles. The second-order valence-corrected chi connectivity index (χ2v) is 8.78. The zero-order chi connectivity index (χ0) is 14.4. The summed E-state index contributed by atoms with van der Waals surface area (Å²) in [7, 11) is -3.53. The maximum atomic E-state index is 12.3. The zero-order valence-electron chi connectivity index (χ0n) is 11.9. The van der Waals surface area contributed by atoms with E-state index >= 15 is 0 Å². The predicted molar refractivity (Wildman–Crippen MR) is 79.1 cm³/mol. The lowest BCUT2D eigenvalue weighted by atomic mass is 9.77. The van der Waals surface area contributed by atoms with Crippen LogP contribution in [0.25, 0.3) is 0 Å². The zero-order valence-corrected chi connectivity index (χ0v) is 12.7. The summed E-state index contributed by atoms with van der Waals surface area (Å²) in [6.45, 7) is 1.94. The van der Waals surface area contributed by atoms with Gasteiger partial charge in [-0.25, -0.2) is 4.83 Å². The molecule has 0 amide bonds. The number of nitrogens with one attached hydrogen (secondary N) is 1. The van der Waals surface area contributed by atoms with Crippen LogP contribution in [0.4, 0.5) is 0 Å². The molecule has 5 aliphatic rings. The van der Waals surface area contributed by atoms with Crippen LogP contribution >= 0.6 is 0 Å². The summed E-state index contributed by atoms with van der Waals surface area (Å²) >= 11 is 0. The Morgan fingerprint density at radius 1 is 1.10 bits per heavy atom. The Morgan fingerprint density at radius 2 is 1.71 bits per heavy atom. The van der Waals surface area contributed by atoms with Crippen molar-refractivity contribution >= 4 is 15.7 Å². The monoisotopic (exact) mass is 302 g/mol. The van der Waals surface area contributed by atoms with E-state index in [4.69, 9.17) is 0 Å². The highest BCUT2D eigenvalue weighted by Gasteiger charge is 2.77. The van der Waals surface area contributed by atoms with Crippen molar-refractivity contribution in [2.24, 2.45) is 40.6 Å². The number of aryl methyl sites for hydroxylation is 1. The molecule has 0 saturated heterocycles. The Hall–Kier alpha value is -1.36. The Labute approximate surface area is 124 Å². The topological polar surface area (TPSA) is 58.5 Å². The van der Waals surface area contributed by atoms with Gasteiger partial charge in [-0.05, 0) is 61.5 Å². The largest absolute Gasteiger partial charge is 0.276 e. The number of hydrogen-bond acceptors (Lipinski definition) is 3. The molecule has 21 heavy (non-hydrogen) atoms.